The summed E-state index contributed by atoms with van der Waals surface area (Å²) < 4.78 is 24.8. The van der Waals surface area contributed by atoms with Gasteiger partial charge in [-0.15, -0.1) is 0 Å². The molecular formula is C11H9BrFNO2. The molecule has 1 fully saturated rings. The fraction of sp³-hybridized carbons (Fsp3) is 0.364. The van der Waals surface area contributed by atoms with E-state index in [9.17, 15) is 4.39 Å². The molecule has 0 spiro atoms. The van der Waals surface area contributed by atoms with E-state index in [0.717, 1.165) is 6.42 Å². The van der Waals surface area contributed by atoms with E-state index in [0.29, 0.717) is 17.7 Å². The molecule has 0 aromatic heterocycles. The van der Waals surface area contributed by atoms with Gasteiger partial charge in [0.25, 0.3) is 0 Å². The summed E-state index contributed by atoms with van der Waals surface area (Å²) in [5, 5.41) is 8.78. The minimum absolute atomic E-state index is 0.0311. The minimum Gasteiger partial charge on any atom is -0.485 e. The molecule has 3 nitrogen and oxygen atoms in total. The Labute approximate surface area is 101 Å². The Morgan fingerprint density at radius 1 is 1.56 bits per heavy atom. The van der Waals surface area contributed by atoms with Crippen molar-refractivity contribution in [1.29, 1.82) is 5.26 Å². The highest BCUT2D eigenvalue weighted by Gasteiger charge is 2.20. The Hall–Kier alpha value is -1.12. The third-order valence-electron chi connectivity index (χ3n) is 2.35. The van der Waals surface area contributed by atoms with Crippen LogP contribution in [0.25, 0.3) is 0 Å². The van der Waals surface area contributed by atoms with Gasteiger partial charge in [0.1, 0.15) is 17.7 Å². The molecule has 0 aliphatic carbocycles. The standard InChI is InChI=1S/C11H9BrFNO2/c12-9-1-2-10(11(13)8(9)5-14)16-7-3-4-15-6-7/h1-2,7H,3-4,6H2. The van der Waals surface area contributed by atoms with Crippen LogP contribution in [0.4, 0.5) is 4.39 Å². The lowest BCUT2D eigenvalue weighted by atomic mass is 10.2. The Morgan fingerprint density at radius 2 is 2.38 bits per heavy atom. The van der Waals surface area contributed by atoms with Gasteiger partial charge in [-0.3, -0.25) is 0 Å². The van der Waals surface area contributed by atoms with Crippen LogP contribution < -0.4 is 4.74 Å². The Balaban J connectivity index is 2.24. The van der Waals surface area contributed by atoms with Gasteiger partial charge in [-0.25, -0.2) is 4.39 Å². The van der Waals surface area contributed by atoms with Crippen LogP contribution in [0.3, 0.4) is 0 Å². The van der Waals surface area contributed by atoms with Crippen molar-refractivity contribution in [3.05, 3.63) is 28.0 Å². The molecule has 0 saturated carbocycles. The van der Waals surface area contributed by atoms with E-state index in [-0.39, 0.29) is 17.4 Å². The van der Waals surface area contributed by atoms with Crippen LogP contribution in [-0.2, 0) is 4.74 Å². The molecule has 1 aromatic rings. The lowest BCUT2D eigenvalue weighted by Crippen LogP contribution is -2.16. The molecule has 1 aliphatic heterocycles. The van der Waals surface area contributed by atoms with E-state index in [1.165, 1.54) is 6.07 Å². The van der Waals surface area contributed by atoms with Crippen molar-refractivity contribution in [2.24, 2.45) is 0 Å². The van der Waals surface area contributed by atoms with E-state index >= 15 is 0 Å². The van der Waals surface area contributed by atoms with Crippen LogP contribution in [0, 0.1) is 17.1 Å². The van der Waals surface area contributed by atoms with Gasteiger partial charge in [0.2, 0.25) is 0 Å². The molecule has 5 heteroatoms. The van der Waals surface area contributed by atoms with Gasteiger partial charge in [0.15, 0.2) is 11.6 Å². The molecule has 1 unspecified atom stereocenters. The zero-order chi connectivity index (χ0) is 11.5. The molecular weight excluding hydrogens is 277 g/mol. The van der Waals surface area contributed by atoms with Gasteiger partial charge in [-0.1, -0.05) is 0 Å². The maximum Gasteiger partial charge on any atom is 0.183 e. The first-order valence-corrected chi connectivity index (χ1v) is 5.64. The fourth-order valence-corrected chi connectivity index (χ4v) is 1.91. The summed E-state index contributed by atoms with van der Waals surface area (Å²) in [6.45, 7) is 1.10. The molecule has 0 bridgehead atoms. The Morgan fingerprint density at radius 3 is 3.00 bits per heavy atom. The third-order valence-corrected chi connectivity index (χ3v) is 3.01. The first-order valence-electron chi connectivity index (χ1n) is 4.85. The van der Waals surface area contributed by atoms with Gasteiger partial charge >= 0.3 is 0 Å². The van der Waals surface area contributed by atoms with E-state index in [2.05, 4.69) is 15.9 Å². The normalized spacial score (nSPS) is 19.4. The van der Waals surface area contributed by atoms with Crippen LogP contribution in [-0.4, -0.2) is 19.3 Å². The number of benzene rings is 1. The van der Waals surface area contributed by atoms with Gasteiger partial charge in [0.05, 0.1) is 13.2 Å². The highest BCUT2D eigenvalue weighted by atomic mass is 79.9. The second kappa shape index (κ2) is 4.81. The minimum atomic E-state index is -0.622. The molecule has 0 N–H and O–H groups in total. The molecule has 2 rings (SSSR count). The molecule has 1 atom stereocenters. The molecule has 1 heterocycles. The Kier molecular flexibility index (Phi) is 3.42. The van der Waals surface area contributed by atoms with Crippen LogP contribution in [0.1, 0.15) is 12.0 Å². The fourth-order valence-electron chi connectivity index (χ4n) is 1.51. The lowest BCUT2D eigenvalue weighted by Gasteiger charge is -2.13. The van der Waals surface area contributed by atoms with Gasteiger partial charge in [0, 0.05) is 10.9 Å². The summed E-state index contributed by atoms with van der Waals surface area (Å²) in [6, 6.07) is 4.91. The maximum atomic E-state index is 13.8. The highest BCUT2D eigenvalue weighted by molar-refractivity contribution is 9.10. The van der Waals surface area contributed by atoms with Gasteiger partial charge < -0.3 is 9.47 Å². The predicted molar refractivity (Wildman–Crippen MR) is 58.7 cm³/mol. The van der Waals surface area contributed by atoms with Crippen molar-refractivity contribution in [2.75, 3.05) is 13.2 Å². The summed E-state index contributed by atoms with van der Waals surface area (Å²) in [7, 11) is 0. The second-order valence-corrected chi connectivity index (χ2v) is 4.30. The summed E-state index contributed by atoms with van der Waals surface area (Å²) in [5.74, 6) is -0.515. The van der Waals surface area contributed by atoms with E-state index in [4.69, 9.17) is 14.7 Å². The van der Waals surface area contributed by atoms with Crippen molar-refractivity contribution >= 4 is 15.9 Å². The summed E-state index contributed by atoms with van der Waals surface area (Å²) in [5.41, 5.74) is -0.0311. The second-order valence-electron chi connectivity index (χ2n) is 3.45. The molecule has 1 saturated heterocycles. The van der Waals surface area contributed by atoms with Crippen LogP contribution >= 0.6 is 15.9 Å². The number of halogens is 2. The summed E-state index contributed by atoms with van der Waals surface area (Å²) in [4.78, 5) is 0. The summed E-state index contributed by atoms with van der Waals surface area (Å²) >= 11 is 3.11. The molecule has 1 aromatic carbocycles. The molecule has 1 aliphatic rings. The number of rotatable bonds is 2. The molecule has 84 valence electrons. The largest absolute Gasteiger partial charge is 0.485 e. The quantitative estimate of drug-likeness (QED) is 0.839. The predicted octanol–water partition coefficient (Wildman–Crippen LogP) is 2.63. The highest BCUT2D eigenvalue weighted by Crippen LogP contribution is 2.28. The molecule has 16 heavy (non-hydrogen) atoms. The Bertz CT molecular complexity index is 438. The average Bonchev–Trinajstić information content (AvgIpc) is 2.76. The number of nitriles is 1. The first kappa shape index (κ1) is 11.4. The van der Waals surface area contributed by atoms with Crippen molar-refractivity contribution in [3.8, 4) is 11.8 Å². The number of hydrogen-bond donors (Lipinski definition) is 0. The number of ether oxygens (including phenoxy) is 2. The van der Waals surface area contributed by atoms with Crippen LogP contribution in [0.5, 0.6) is 5.75 Å². The van der Waals surface area contributed by atoms with Crippen molar-refractivity contribution < 1.29 is 13.9 Å². The lowest BCUT2D eigenvalue weighted by molar-refractivity contribution is 0.138. The van der Waals surface area contributed by atoms with E-state index in [1.54, 1.807) is 12.1 Å². The zero-order valence-electron chi connectivity index (χ0n) is 8.37. The van der Waals surface area contributed by atoms with E-state index in [1.807, 2.05) is 0 Å². The first-order chi connectivity index (χ1) is 7.72. The zero-order valence-corrected chi connectivity index (χ0v) is 9.96. The SMILES string of the molecule is N#Cc1c(Br)ccc(OC2CCOC2)c1F. The average molecular weight is 286 g/mol. The summed E-state index contributed by atoms with van der Waals surface area (Å²) in [6.07, 6.45) is 0.624. The topological polar surface area (TPSA) is 42.2 Å². The van der Waals surface area contributed by atoms with Crippen molar-refractivity contribution in [1.82, 2.24) is 0 Å². The van der Waals surface area contributed by atoms with Crippen molar-refractivity contribution in [2.45, 2.75) is 12.5 Å². The smallest absolute Gasteiger partial charge is 0.183 e. The van der Waals surface area contributed by atoms with Crippen LogP contribution in [0.2, 0.25) is 0 Å². The van der Waals surface area contributed by atoms with Gasteiger partial charge in [-0.05, 0) is 28.1 Å². The van der Waals surface area contributed by atoms with Crippen molar-refractivity contribution in [3.63, 3.8) is 0 Å². The number of nitrogens with zero attached hydrogens (tertiary/aromatic N) is 1. The monoisotopic (exact) mass is 285 g/mol. The van der Waals surface area contributed by atoms with Gasteiger partial charge in [-0.2, -0.15) is 5.26 Å². The molecule has 0 amide bonds. The number of hydrogen-bond acceptors (Lipinski definition) is 3. The molecule has 0 radical (unpaired) electrons. The maximum absolute atomic E-state index is 13.8. The van der Waals surface area contributed by atoms with Crippen LogP contribution in [0.15, 0.2) is 16.6 Å². The van der Waals surface area contributed by atoms with E-state index < -0.39 is 5.82 Å². The third kappa shape index (κ3) is 2.18.